The van der Waals surface area contributed by atoms with Crippen LogP contribution in [0.5, 0.6) is 5.75 Å². The van der Waals surface area contributed by atoms with Crippen molar-refractivity contribution in [3.8, 4) is 5.75 Å². The molecule has 0 spiro atoms. The number of fused-ring (bicyclic) bond motifs is 1. The lowest BCUT2D eigenvalue weighted by atomic mass is 10.1. The molecule has 2 aromatic carbocycles. The van der Waals surface area contributed by atoms with Crippen LogP contribution in [0, 0.1) is 10.1 Å². The zero-order valence-electron chi connectivity index (χ0n) is 16.6. The van der Waals surface area contributed by atoms with Crippen LogP contribution in [0.15, 0.2) is 42.5 Å². The van der Waals surface area contributed by atoms with Gasteiger partial charge < -0.3 is 15.4 Å². The first kappa shape index (κ1) is 22.8. The van der Waals surface area contributed by atoms with E-state index in [2.05, 4.69) is 10.6 Å². The van der Waals surface area contributed by atoms with Crippen molar-refractivity contribution in [2.24, 2.45) is 0 Å². The fourth-order valence-corrected chi connectivity index (χ4v) is 3.10. The third-order valence-corrected chi connectivity index (χ3v) is 4.62. The van der Waals surface area contributed by atoms with Gasteiger partial charge in [-0.1, -0.05) is 12.1 Å². The van der Waals surface area contributed by atoms with Crippen LogP contribution in [-0.2, 0) is 15.8 Å². The molecule has 0 aromatic heterocycles. The number of amides is 2. The van der Waals surface area contributed by atoms with Crippen molar-refractivity contribution in [1.82, 2.24) is 5.32 Å². The minimum atomic E-state index is -4.70. The number of anilines is 2. The van der Waals surface area contributed by atoms with E-state index in [-0.39, 0.29) is 44.3 Å². The van der Waals surface area contributed by atoms with Crippen LogP contribution in [-0.4, -0.2) is 43.0 Å². The lowest BCUT2D eigenvalue weighted by molar-refractivity contribution is -0.384. The van der Waals surface area contributed by atoms with Gasteiger partial charge in [-0.2, -0.15) is 13.2 Å². The second-order valence-electron chi connectivity index (χ2n) is 6.81. The Bertz CT molecular complexity index is 1030. The SMILES string of the molecule is O=C(CN1C(=O)CCOc2ccccc21)NCCNc1ccc(C(F)(F)F)cc1[N+](=O)[O-]. The average molecular weight is 452 g/mol. The predicted molar refractivity (Wildman–Crippen MR) is 109 cm³/mol. The Morgan fingerprint density at radius 2 is 1.94 bits per heavy atom. The maximum absolute atomic E-state index is 12.8. The Morgan fingerprint density at radius 1 is 1.19 bits per heavy atom. The van der Waals surface area contributed by atoms with Crippen LogP contribution in [0.1, 0.15) is 12.0 Å². The molecule has 0 atom stereocenters. The summed E-state index contributed by atoms with van der Waals surface area (Å²) in [4.78, 5) is 36.1. The number of alkyl halides is 3. The smallest absolute Gasteiger partial charge is 0.416 e. The molecule has 3 rings (SSSR count). The molecule has 0 aliphatic carbocycles. The molecule has 0 saturated carbocycles. The zero-order chi connectivity index (χ0) is 23.3. The van der Waals surface area contributed by atoms with E-state index in [1.54, 1.807) is 24.3 Å². The molecule has 0 bridgehead atoms. The molecular formula is C20H19F3N4O5. The van der Waals surface area contributed by atoms with Crippen LogP contribution < -0.4 is 20.3 Å². The first-order chi connectivity index (χ1) is 15.2. The highest BCUT2D eigenvalue weighted by molar-refractivity contribution is 6.00. The molecule has 0 fully saturated rings. The second kappa shape index (κ2) is 9.54. The number of nitro groups is 1. The van der Waals surface area contributed by atoms with Crippen LogP contribution >= 0.6 is 0 Å². The minimum Gasteiger partial charge on any atom is -0.491 e. The summed E-state index contributed by atoms with van der Waals surface area (Å²) in [5.41, 5.74) is -1.48. The number of hydrogen-bond acceptors (Lipinski definition) is 6. The molecule has 2 aromatic rings. The highest BCUT2D eigenvalue weighted by Gasteiger charge is 2.33. The van der Waals surface area contributed by atoms with E-state index in [1.807, 2.05) is 0 Å². The van der Waals surface area contributed by atoms with Crippen LogP contribution in [0.4, 0.5) is 30.2 Å². The largest absolute Gasteiger partial charge is 0.491 e. The minimum absolute atomic E-state index is 0.0194. The van der Waals surface area contributed by atoms with Gasteiger partial charge in [-0.3, -0.25) is 24.6 Å². The molecule has 2 amide bonds. The quantitative estimate of drug-likeness (QED) is 0.379. The molecule has 1 aliphatic rings. The summed E-state index contributed by atoms with van der Waals surface area (Å²) < 4.78 is 43.8. The van der Waals surface area contributed by atoms with Crippen molar-refractivity contribution in [2.75, 3.05) is 36.5 Å². The van der Waals surface area contributed by atoms with Gasteiger partial charge in [0.05, 0.1) is 29.2 Å². The molecule has 32 heavy (non-hydrogen) atoms. The Hall–Kier alpha value is -3.83. The molecule has 0 radical (unpaired) electrons. The Labute approximate surface area is 180 Å². The topological polar surface area (TPSA) is 114 Å². The zero-order valence-corrected chi connectivity index (χ0v) is 16.6. The van der Waals surface area contributed by atoms with Crippen molar-refractivity contribution in [1.29, 1.82) is 0 Å². The van der Waals surface area contributed by atoms with Gasteiger partial charge in [0.15, 0.2) is 0 Å². The van der Waals surface area contributed by atoms with E-state index in [0.717, 1.165) is 12.1 Å². The molecule has 1 heterocycles. The summed E-state index contributed by atoms with van der Waals surface area (Å²) >= 11 is 0. The van der Waals surface area contributed by atoms with Gasteiger partial charge in [-0.25, -0.2) is 0 Å². The number of hydrogen-bond donors (Lipinski definition) is 2. The predicted octanol–water partition coefficient (Wildman–Crippen LogP) is 2.96. The standard InChI is InChI=1S/C20H19F3N4O5/c21-20(22,23)13-5-6-14(16(11-13)27(30)31)24-8-9-25-18(28)12-26-15-3-1-2-4-17(15)32-10-7-19(26)29/h1-6,11,24H,7-10,12H2,(H,25,28). The van der Waals surface area contributed by atoms with Gasteiger partial charge in [0.25, 0.3) is 5.69 Å². The molecule has 1 aliphatic heterocycles. The lowest BCUT2D eigenvalue weighted by Gasteiger charge is -2.21. The fourth-order valence-electron chi connectivity index (χ4n) is 3.10. The van der Waals surface area contributed by atoms with Crippen molar-refractivity contribution in [2.45, 2.75) is 12.6 Å². The van der Waals surface area contributed by atoms with E-state index in [4.69, 9.17) is 4.74 Å². The molecule has 9 nitrogen and oxygen atoms in total. The maximum Gasteiger partial charge on any atom is 0.416 e. The van der Waals surface area contributed by atoms with Gasteiger partial charge in [-0.05, 0) is 24.3 Å². The summed E-state index contributed by atoms with van der Waals surface area (Å²) in [6.07, 6.45) is -4.59. The van der Waals surface area contributed by atoms with Gasteiger partial charge in [0.2, 0.25) is 11.8 Å². The van der Waals surface area contributed by atoms with Gasteiger partial charge in [0.1, 0.15) is 18.0 Å². The Kier molecular flexibility index (Phi) is 6.81. The first-order valence-corrected chi connectivity index (χ1v) is 9.55. The summed E-state index contributed by atoms with van der Waals surface area (Å²) in [5, 5.41) is 16.3. The lowest BCUT2D eigenvalue weighted by Crippen LogP contribution is -2.41. The summed E-state index contributed by atoms with van der Waals surface area (Å²) in [6, 6.07) is 8.97. The second-order valence-corrected chi connectivity index (χ2v) is 6.81. The van der Waals surface area contributed by atoms with Crippen LogP contribution in [0.25, 0.3) is 0 Å². The fraction of sp³-hybridized carbons (Fsp3) is 0.300. The highest BCUT2D eigenvalue weighted by Crippen LogP contribution is 2.35. The van der Waals surface area contributed by atoms with E-state index < -0.39 is 28.3 Å². The molecular weight excluding hydrogens is 433 g/mol. The number of nitrogens with zero attached hydrogens (tertiary/aromatic N) is 2. The van der Waals surface area contributed by atoms with Gasteiger partial charge in [-0.15, -0.1) is 0 Å². The highest BCUT2D eigenvalue weighted by atomic mass is 19.4. The van der Waals surface area contributed by atoms with Gasteiger partial charge >= 0.3 is 6.18 Å². The molecule has 2 N–H and O–H groups in total. The number of ether oxygens (including phenoxy) is 1. The van der Waals surface area contributed by atoms with Crippen molar-refractivity contribution >= 4 is 28.9 Å². The maximum atomic E-state index is 12.8. The van der Waals surface area contributed by atoms with Gasteiger partial charge in [0, 0.05) is 19.2 Å². The van der Waals surface area contributed by atoms with Crippen molar-refractivity contribution in [3.05, 3.63) is 58.1 Å². The number of nitro benzene ring substituents is 1. The number of nitrogens with one attached hydrogen (secondary N) is 2. The number of benzene rings is 2. The monoisotopic (exact) mass is 452 g/mol. The molecule has 0 saturated heterocycles. The van der Waals surface area contributed by atoms with E-state index in [0.29, 0.717) is 17.5 Å². The number of carbonyl (C=O) groups is 2. The van der Waals surface area contributed by atoms with E-state index in [9.17, 15) is 32.9 Å². The number of carbonyl (C=O) groups excluding carboxylic acids is 2. The summed E-state index contributed by atoms with van der Waals surface area (Å²) in [7, 11) is 0. The van der Waals surface area contributed by atoms with Crippen molar-refractivity contribution < 1.29 is 32.4 Å². The number of para-hydroxylation sites is 2. The average Bonchev–Trinajstić information content (AvgIpc) is 2.89. The van der Waals surface area contributed by atoms with E-state index in [1.165, 1.54) is 4.90 Å². The third-order valence-electron chi connectivity index (χ3n) is 4.62. The molecule has 170 valence electrons. The normalized spacial score (nSPS) is 13.6. The summed E-state index contributed by atoms with van der Waals surface area (Å²) in [6.45, 7) is -0.00773. The Morgan fingerprint density at radius 3 is 2.66 bits per heavy atom. The first-order valence-electron chi connectivity index (χ1n) is 9.55. The summed E-state index contributed by atoms with van der Waals surface area (Å²) in [5.74, 6) is -0.259. The number of rotatable bonds is 7. The molecule has 12 heteroatoms. The number of halogens is 3. The van der Waals surface area contributed by atoms with E-state index >= 15 is 0 Å². The third kappa shape index (κ3) is 5.45. The molecule has 0 unspecified atom stereocenters. The van der Waals surface area contributed by atoms with Crippen LogP contribution in [0.3, 0.4) is 0 Å². The Balaban J connectivity index is 1.57. The van der Waals surface area contributed by atoms with Crippen molar-refractivity contribution in [3.63, 3.8) is 0 Å². The van der Waals surface area contributed by atoms with Crippen LogP contribution in [0.2, 0.25) is 0 Å².